The Kier molecular flexibility index (Phi) is 8.03. The number of rotatable bonds is 9. The number of hydrogen-bond acceptors (Lipinski definition) is 3. The highest BCUT2D eigenvalue weighted by Gasteiger charge is 2.35. The minimum absolute atomic E-state index is 0.0326. The lowest BCUT2D eigenvalue weighted by molar-refractivity contribution is -0.197. The van der Waals surface area contributed by atoms with Gasteiger partial charge in [-0.2, -0.15) is 17.6 Å². The second kappa shape index (κ2) is 11.3. The molecule has 0 aromatic heterocycles. The van der Waals surface area contributed by atoms with Crippen LogP contribution >= 0.6 is 0 Å². The first-order valence-corrected chi connectivity index (χ1v) is 11.7. The van der Waals surface area contributed by atoms with Crippen LogP contribution in [-0.4, -0.2) is 19.3 Å². The molecule has 0 spiro atoms. The molecule has 0 bridgehead atoms. The summed E-state index contributed by atoms with van der Waals surface area (Å²) in [5.41, 5.74) is 1.51. The third-order valence-electron chi connectivity index (χ3n) is 5.70. The van der Waals surface area contributed by atoms with Crippen molar-refractivity contribution in [3.8, 4) is 39.5 Å². The zero-order valence-electron chi connectivity index (χ0n) is 20.6. The summed E-state index contributed by atoms with van der Waals surface area (Å²) in [6.07, 6.45) is -4.13. The summed E-state index contributed by atoms with van der Waals surface area (Å²) in [5.74, 6) is -8.12. The second-order valence-corrected chi connectivity index (χ2v) is 8.43. The van der Waals surface area contributed by atoms with Crippen molar-refractivity contribution >= 4 is 0 Å². The van der Waals surface area contributed by atoms with E-state index >= 15 is 0 Å². The van der Waals surface area contributed by atoms with Crippen LogP contribution in [0.3, 0.4) is 0 Å². The Morgan fingerprint density at radius 2 is 1.21 bits per heavy atom. The lowest BCUT2D eigenvalue weighted by atomic mass is 9.99. The molecule has 3 nitrogen and oxygen atoms in total. The van der Waals surface area contributed by atoms with Crippen LogP contribution in [0.4, 0.5) is 30.7 Å². The Morgan fingerprint density at radius 3 is 1.87 bits per heavy atom. The van der Waals surface area contributed by atoms with E-state index in [9.17, 15) is 30.7 Å². The van der Waals surface area contributed by atoms with Crippen molar-refractivity contribution in [1.29, 1.82) is 0 Å². The molecule has 0 N–H and O–H groups in total. The molecule has 4 aromatic carbocycles. The number of alkyl halides is 2. The molecule has 0 aliphatic carbocycles. The zero-order valence-corrected chi connectivity index (χ0v) is 20.6. The first-order chi connectivity index (χ1) is 18.5. The van der Waals surface area contributed by atoms with Crippen molar-refractivity contribution < 1.29 is 44.9 Å². The SMILES string of the molecule is CCOc1ccc(OC(F)(F)COc2ccc(-c3ccc(-c4ccc(C)c(F)c4F)cc3)cc2F)c(F)c1F. The van der Waals surface area contributed by atoms with E-state index in [-0.39, 0.29) is 17.7 Å². The molecule has 0 saturated carbocycles. The lowest BCUT2D eigenvalue weighted by Gasteiger charge is -2.19. The quantitative estimate of drug-likeness (QED) is 0.196. The van der Waals surface area contributed by atoms with E-state index in [0.717, 1.165) is 24.3 Å². The maximum atomic E-state index is 14.6. The maximum Gasteiger partial charge on any atom is 0.433 e. The fourth-order valence-corrected chi connectivity index (χ4v) is 3.72. The number of halogens is 7. The number of hydrogen-bond donors (Lipinski definition) is 0. The van der Waals surface area contributed by atoms with Crippen LogP contribution in [0.5, 0.6) is 17.2 Å². The molecule has 0 amide bonds. The molecular formula is C29H21F7O3. The van der Waals surface area contributed by atoms with E-state index in [1.165, 1.54) is 44.2 Å². The van der Waals surface area contributed by atoms with Crippen molar-refractivity contribution in [2.45, 2.75) is 20.0 Å². The van der Waals surface area contributed by atoms with Gasteiger partial charge in [0.25, 0.3) is 0 Å². The van der Waals surface area contributed by atoms with Gasteiger partial charge in [-0.15, -0.1) is 0 Å². The van der Waals surface area contributed by atoms with E-state index in [1.807, 2.05) is 0 Å². The summed E-state index contributed by atoms with van der Waals surface area (Å²) < 4.78 is 113. The van der Waals surface area contributed by atoms with Gasteiger partial charge in [0.05, 0.1) is 6.61 Å². The molecule has 0 heterocycles. The molecular weight excluding hydrogens is 529 g/mol. The smallest absolute Gasteiger partial charge is 0.433 e. The van der Waals surface area contributed by atoms with Crippen LogP contribution < -0.4 is 14.2 Å². The van der Waals surface area contributed by atoms with Crippen molar-refractivity contribution in [2.24, 2.45) is 0 Å². The number of aryl methyl sites for hydroxylation is 1. The molecule has 204 valence electrons. The third-order valence-corrected chi connectivity index (χ3v) is 5.70. The van der Waals surface area contributed by atoms with Crippen LogP contribution in [0.25, 0.3) is 22.3 Å². The topological polar surface area (TPSA) is 27.7 Å². The Balaban J connectivity index is 1.44. The monoisotopic (exact) mass is 550 g/mol. The summed E-state index contributed by atoms with van der Waals surface area (Å²) in [6.45, 7) is 1.52. The number of ether oxygens (including phenoxy) is 3. The largest absolute Gasteiger partial charge is 0.491 e. The van der Waals surface area contributed by atoms with Gasteiger partial charge in [0.15, 0.2) is 41.3 Å². The summed E-state index contributed by atoms with van der Waals surface area (Å²) in [5, 5.41) is 0. The van der Waals surface area contributed by atoms with E-state index in [2.05, 4.69) is 4.74 Å². The highest BCUT2D eigenvalue weighted by Crippen LogP contribution is 2.33. The van der Waals surface area contributed by atoms with Crippen LogP contribution in [0.1, 0.15) is 12.5 Å². The normalized spacial score (nSPS) is 11.4. The first kappa shape index (κ1) is 27.8. The van der Waals surface area contributed by atoms with Gasteiger partial charge in [0.2, 0.25) is 11.6 Å². The van der Waals surface area contributed by atoms with Gasteiger partial charge in [-0.25, -0.2) is 13.2 Å². The van der Waals surface area contributed by atoms with Crippen LogP contribution in [0, 0.1) is 36.0 Å². The van der Waals surface area contributed by atoms with Gasteiger partial charge in [0, 0.05) is 5.56 Å². The fourth-order valence-electron chi connectivity index (χ4n) is 3.72. The van der Waals surface area contributed by atoms with Gasteiger partial charge in [0.1, 0.15) is 0 Å². The first-order valence-electron chi connectivity index (χ1n) is 11.7. The predicted octanol–water partition coefficient (Wildman–Crippen LogP) is 8.47. The molecule has 0 fully saturated rings. The Bertz CT molecular complexity index is 1490. The van der Waals surface area contributed by atoms with Gasteiger partial charge in [-0.05, 0) is 60.4 Å². The van der Waals surface area contributed by atoms with Gasteiger partial charge in [-0.3, -0.25) is 0 Å². The Labute approximate surface area is 219 Å². The summed E-state index contributed by atoms with van der Waals surface area (Å²) in [4.78, 5) is 0. The Morgan fingerprint density at radius 1 is 0.615 bits per heavy atom. The van der Waals surface area contributed by atoms with Crippen molar-refractivity contribution in [3.63, 3.8) is 0 Å². The predicted molar refractivity (Wildman–Crippen MR) is 131 cm³/mol. The van der Waals surface area contributed by atoms with E-state index < -0.39 is 59.1 Å². The highest BCUT2D eigenvalue weighted by molar-refractivity contribution is 5.71. The average Bonchev–Trinajstić information content (AvgIpc) is 2.91. The highest BCUT2D eigenvalue weighted by atomic mass is 19.3. The third kappa shape index (κ3) is 6.10. The molecule has 0 aliphatic rings. The van der Waals surface area contributed by atoms with Crippen molar-refractivity contribution in [1.82, 2.24) is 0 Å². The van der Waals surface area contributed by atoms with Gasteiger partial charge >= 0.3 is 6.11 Å². The van der Waals surface area contributed by atoms with Gasteiger partial charge < -0.3 is 14.2 Å². The molecule has 4 aromatic rings. The molecule has 39 heavy (non-hydrogen) atoms. The lowest BCUT2D eigenvalue weighted by Crippen LogP contribution is -2.33. The molecule has 10 heteroatoms. The Hall–Kier alpha value is -4.21. The zero-order chi connectivity index (χ0) is 28.3. The summed E-state index contributed by atoms with van der Waals surface area (Å²) >= 11 is 0. The summed E-state index contributed by atoms with van der Waals surface area (Å²) in [7, 11) is 0. The second-order valence-electron chi connectivity index (χ2n) is 8.43. The molecule has 4 rings (SSSR count). The standard InChI is InChI=1S/C29H21F7O3/c1-3-37-23-12-13-24(28(34)27(23)33)39-29(35,36)15-38-22-11-9-19(14-21(22)30)17-5-7-18(8-6-17)20-10-4-16(2)25(31)26(20)32/h4-14H,3,15H2,1-2H3. The molecule has 0 unspecified atom stereocenters. The average molecular weight is 550 g/mol. The van der Waals surface area contributed by atoms with Crippen LogP contribution in [0.15, 0.2) is 66.7 Å². The van der Waals surface area contributed by atoms with E-state index in [4.69, 9.17) is 9.47 Å². The van der Waals surface area contributed by atoms with Gasteiger partial charge in [-0.1, -0.05) is 42.5 Å². The molecule has 0 aliphatic heterocycles. The van der Waals surface area contributed by atoms with Crippen molar-refractivity contribution in [3.05, 3.63) is 101 Å². The fraction of sp³-hybridized carbons (Fsp3) is 0.172. The summed E-state index contributed by atoms with van der Waals surface area (Å²) in [6, 6.07) is 14.4. The van der Waals surface area contributed by atoms with Crippen LogP contribution in [-0.2, 0) is 0 Å². The van der Waals surface area contributed by atoms with Crippen LogP contribution in [0.2, 0.25) is 0 Å². The molecule has 0 atom stereocenters. The molecule has 0 saturated heterocycles. The molecule has 0 radical (unpaired) electrons. The maximum absolute atomic E-state index is 14.6. The van der Waals surface area contributed by atoms with Crippen molar-refractivity contribution in [2.75, 3.05) is 13.2 Å². The van der Waals surface area contributed by atoms with E-state index in [1.54, 1.807) is 12.1 Å². The number of benzene rings is 4. The minimum Gasteiger partial charge on any atom is -0.491 e. The van der Waals surface area contributed by atoms with E-state index in [0.29, 0.717) is 16.7 Å². The minimum atomic E-state index is -4.13.